The van der Waals surface area contributed by atoms with E-state index in [4.69, 9.17) is 5.11 Å². The third kappa shape index (κ3) is 1.76. The van der Waals surface area contributed by atoms with Crippen LogP contribution in [0, 0.1) is 5.41 Å². The minimum absolute atomic E-state index is 0.154. The van der Waals surface area contributed by atoms with Gasteiger partial charge in [0.25, 0.3) is 0 Å². The summed E-state index contributed by atoms with van der Waals surface area (Å²) in [6.45, 7) is 0. The van der Waals surface area contributed by atoms with Crippen molar-refractivity contribution in [1.82, 2.24) is 0 Å². The van der Waals surface area contributed by atoms with Crippen molar-refractivity contribution >= 4 is 21.9 Å². The van der Waals surface area contributed by atoms with Gasteiger partial charge in [-0.25, -0.2) is 0 Å². The quantitative estimate of drug-likeness (QED) is 0.761. The summed E-state index contributed by atoms with van der Waals surface area (Å²) in [5.41, 5.74) is 0.154. The molecule has 0 saturated heterocycles. The number of hydrogen-bond donors (Lipinski definition) is 1. The first-order valence-electron chi connectivity index (χ1n) is 4.95. The van der Waals surface area contributed by atoms with E-state index in [0.717, 1.165) is 19.3 Å². The average molecular weight is 247 g/mol. The molecule has 3 rings (SSSR count). The molecule has 0 radical (unpaired) electrons. The molecule has 3 aliphatic carbocycles. The molecule has 0 heterocycles. The highest BCUT2D eigenvalue weighted by atomic mass is 79.9. The lowest BCUT2D eigenvalue weighted by molar-refractivity contribution is -0.141. The van der Waals surface area contributed by atoms with Gasteiger partial charge in [0.15, 0.2) is 0 Å². The SMILES string of the molecule is O=C(O)CC12CCC(Br)(CC1)CC2. The molecule has 0 atom stereocenters. The van der Waals surface area contributed by atoms with Gasteiger partial charge in [0.1, 0.15) is 0 Å². The van der Waals surface area contributed by atoms with Gasteiger partial charge in [0.05, 0.1) is 6.42 Å². The molecule has 0 spiro atoms. The Hall–Kier alpha value is -0.0500. The second kappa shape index (κ2) is 2.97. The predicted molar refractivity (Wildman–Crippen MR) is 54.0 cm³/mol. The van der Waals surface area contributed by atoms with Gasteiger partial charge < -0.3 is 5.11 Å². The standard InChI is InChI=1S/C10H15BrO2/c11-10-4-1-9(2-5-10,3-6-10)7-8(12)13/h1-7H2,(H,12,13). The van der Waals surface area contributed by atoms with Gasteiger partial charge in [-0.1, -0.05) is 15.9 Å². The van der Waals surface area contributed by atoms with E-state index in [1.165, 1.54) is 19.3 Å². The molecular weight excluding hydrogens is 232 g/mol. The highest BCUT2D eigenvalue weighted by molar-refractivity contribution is 9.10. The smallest absolute Gasteiger partial charge is 0.303 e. The summed E-state index contributed by atoms with van der Waals surface area (Å²) in [5, 5.41) is 8.83. The van der Waals surface area contributed by atoms with E-state index in [1.807, 2.05) is 0 Å². The van der Waals surface area contributed by atoms with Gasteiger partial charge in [-0.15, -0.1) is 0 Å². The van der Waals surface area contributed by atoms with Crippen molar-refractivity contribution in [3.05, 3.63) is 0 Å². The maximum atomic E-state index is 10.7. The largest absolute Gasteiger partial charge is 0.481 e. The average Bonchev–Trinajstić information content (AvgIpc) is 2.07. The van der Waals surface area contributed by atoms with Crippen molar-refractivity contribution in [3.8, 4) is 0 Å². The Labute approximate surface area is 86.8 Å². The summed E-state index contributed by atoms with van der Waals surface area (Å²) >= 11 is 3.78. The molecule has 1 N–H and O–H groups in total. The number of aliphatic carboxylic acids is 1. The van der Waals surface area contributed by atoms with Crippen LogP contribution in [-0.2, 0) is 4.79 Å². The molecule has 0 unspecified atom stereocenters. The van der Waals surface area contributed by atoms with Crippen LogP contribution in [0.5, 0.6) is 0 Å². The Morgan fingerprint density at radius 3 is 2.00 bits per heavy atom. The minimum Gasteiger partial charge on any atom is -0.481 e. The van der Waals surface area contributed by atoms with Crippen LogP contribution in [0.2, 0.25) is 0 Å². The van der Waals surface area contributed by atoms with Gasteiger partial charge in [0.2, 0.25) is 0 Å². The van der Waals surface area contributed by atoms with Crippen LogP contribution in [0.25, 0.3) is 0 Å². The van der Waals surface area contributed by atoms with E-state index < -0.39 is 5.97 Å². The third-order valence-electron chi connectivity index (χ3n) is 3.84. The molecule has 3 aliphatic rings. The number of halogens is 1. The molecule has 0 amide bonds. The van der Waals surface area contributed by atoms with Gasteiger partial charge >= 0.3 is 5.97 Å². The fourth-order valence-corrected chi connectivity index (χ4v) is 3.40. The zero-order valence-corrected chi connectivity index (χ0v) is 9.27. The van der Waals surface area contributed by atoms with E-state index in [9.17, 15) is 4.79 Å². The van der Waals surface area contributed by atoms with E-state index in [0.29, 0.717) is 10.7 Å². The van der Waals surface area contributed by atoms with Gasteiger partial charge in [-0.2, -0.15) is 0 Å². The molecule has 3 heteroatoms. The number of carboxylic acid groups (broad SMARTS) is 1. The summed E-state index contributed by atoms with van der Waals surface area (Å²) in [6.07, 6.45) is 7.19. The first-order chi connectivity index (χ1) is 6.04. The van der Waals surface area contributed by atoms with Crippen LogP contribution < -0.4 is 0 Å². The summed E-state index contributed by atoms with van der Waals surface area (Å²) in [5.74, 6) is -0.621. The van der Waals surface area contributed by atoms with Crippen LogP contribution >= 0.6 is 15.9 Å². The molecule has 13 heavy (non-hydrogen) atoms. The molecule has 0 aromatic heterocycles. The molecule has 0 aliphatic heterocycles. The third-order valence-corrected chi connectivity index (χ3v) is 5.03. The summed E-state index contributed by atoms with van der Waals surface area (Å²) in [4.78, 5) is 10.7. The summed E-state index contributed by atoms with van der Waals surface area (Å²) in [7, 11) is 0. The number of hydrogen-bond acceptors (Lipinski definition) is 1. The van der Waals surface area contributed by atoms with Crippen molar-refractivity contribution in [1.29, 1.82) is 0 Å². The van der Waals surface area contributed by atoms with E-state index in [1.54, 1.807) is 0 Å². The van der Waals surface area contributed by atoms with Crippen molar-refractivity contribution in [3.63, 3.8) is 0 Å². The molecule has 2 nitrogen and oxygen atoms in total. The molecular formula is C10H15BrO2. The van der Waals surface area contributed by atoms with Crippen LogP contribution in [-0.4, -0.2) is 15.4 Å². The number of carbonyl (C=O) groups is 1. The van der Waals surface area contributed by atoms with Crippen molar-refractivity contribution < 1.29 is 9.90 Å². The van der Waals surface area contributed by atoms with E-state index in [2.05, 4.69) is 15.9 Å². The van der Waals surface area contributed by atoms with Crippen LogP contribution in [0.15, 0.2) is 0 Å². The Morgan fingerprint density at radius 1 is 1.15 bits per heavy atom. The summed E-state index contributed by atoms with van der Waals surface area (Å²) in [6, 6.07) is 0. The van der Waals surface area contributed by atoms with Crippen LogP contribution in [0.3, 0.4) is 0 Å². The number of alkyl halides is 1. The monoisotopic (exact) mass is 246 g/mol. The number of fused-ring (bicyclic) bond motifs is 3. The molecule has 3 saturated carbocycles. The lowest BCUT2D eigenvalue weighted by Gasteiger charge is -2.50. The predicted octanol–water partition coefficient (Wildman–Crippen LogP) is 2.95. The van der Waals surface area contributed by atoms with E-state index in [-0.39, 0.29) is 5.41 Å². The van der Waals surface area contributed by atoms with Crippen molar-refractivity contribution in [2.45, 2.75) is 49.3 Å². The normalized spacial score (nSPS) is 43.5. The summed E-state index contributed by atoms with van der Waals surface area (Å²) < 4.78 is 0.368. The maximum Gasteiger partial charge on any atom is 0.303 e. The van der Waals surface area contributed by atoms with Crippen molar-refractivity contribution in [2.24, 2.45) is 5.41 Å². The van der Waals surface area contributed by atoms with Gasteiger partial charge in [-0.05, 0) is 43.9 Å². The second-order valence-electron chi connectivity index (χ2n) is 4.72. The zero-order chi connectivity index (χ0) is 9.53. The molecule has 3 fully saturated rings. The van der Waals surface area contributed by atoms with Gasteiger partial charge in [0, 0.05) is 4.32 Å². The highest BCUT2D eigenvalue weighted by Gasteiger charge is 2.47. The Morgan fingerprint density at radius 2 is 1.62 bits per heavy atom. The van der Waals surface area contributed by atoms with E-state index >= 15 is 0 Å². The zero-order valence-electron chi connectivity index (χ0n) is 7.68. The first-order valence-corrected chi connectivity index (χ1v) is 5.74. The molecule has 0 aromatic carbocycles. The highest BCUT2D eigenvalue weighted by Crippen LogP contribution is 2.57. The maximum absolute atomic E-state index is 10.7. The van der Waals surface area contributed by atoms with Crippen LogP contribution in [0.4, 0.5) is 0 Å². The van der Waals surface area contributed by atoms with Crippen LogP contribution in [0.1, 0.15) is 44.9 Å². The molecule has 0 aromatic rings. The lowest BCUT2D eigenvalue weighted by atomic mass is 9.59. The first kappa shape index (κ1) is 9.50. The van der Waals surface area contributed by atoms with Crippen molar-refractivity contribution in [2.75, 3.05) is 0 Å². The number of rotatable bonds is 2. The topological polar surface area (TPSA) is 37.3 Å². The fourth-order valence-electron chi connectivity index (χ4n) is 2.80. The van der Waals surface area contributed by atoms with Gasteiger partial charge in [-0.3, -0.25) is 4.79 Å². The molecule has 2 bridgehead atoms. The Balaban J connectivity index is 2.07. The Bertz CT molecular complexity index is 213. The Kier molecular flexibility index (Phi) is 2.17. The number of carboxylic acids is 1. The fraction of sp³-hybridized carbons (Fsp3) is 0.900. The minimum atomic E-state index is -0.621. The molecule has 74 valence electrons. The lowest BCUT2D eigenvalue weighted by Crippen LogP contribution is -2.43. The second-order valence-corrected chi connectivity index (χ2v) is 6.40.